The SMILES string of the molecule is CN=C(NCCC(F)(F)F)NC1C2CCOC2C12CCCC2. The summed E-state index contributed by atoms with van der Waals surface area (Å²) in [5.41, 5.74) is 0.169. The van der Waals surface area contributed by atoms with E-state index in [2.05, 4.69) is 15.6 Å². The fraction of sp³-hybridized carbons (Fsp3) is 0.933. The number of fused-ring (bicyclic) bond motifs is 2. The molecule has 1 heterocycles. The molecule has 4 nitrogen and oxygen atoms in total. The van der Waals surface area contributed by atoms with E-state index in [4.69, 9.17) is 4.74 Å². The highest BCUT2D eigenvalue weighted by molar-refractivity contribution is 5.80. The van der Waals surface area contributed by atoms with E-state index in [0.717, 1.165) is 25.9 Å². The molecule has 0 aromatic rings. The van der Waals surface area contributed by atoms with Gasteiger partial charge < -0.3 is 15.4 Å². The number of nitrogens with zero attached hydrogens (tertiary/aromatic N) is 1. The van der Waals surface area contributed by atoms with E-state index in [9.17, 15) is 13.2 Å². The second-order valence-corrected chi connectivity index (χ2v) is 6.67. The fourth-order valence-electron chi connectivity index (χ4n) is 4.57. The summed E-state index contributed by atoms with van der Waals surface area (Å²) in [5, 5.41) is 6.17. The lowest BCUT2D eigenvalue weighted by molar-refractivity contribution is -0.133. The second-order valence-electron chi connectivity index (χ2n) is 6.67. The minimum Gasteiger partial charge on any atom is -0.377 e. The van der Waals surface area contributed by atoms with Gasteiger partial charge in [-0.05, 0) is 19.3 Å². The molecule has 0 aromatic carbocycles. The summed E-state index contributed by atoms with van der Waals surface area (Å²) in [6, 6.07) is 0.277. The number of alkyl halides is 3. The van der Waals surface area contributed by atoms with Crippen molar-refractivity contribution in [1.82, 2.24) is 10.6 Å². The minimum atomic E-state index is -4.14. The predicted molar refractivity (Wildman–Crippen MR) is 77.7 cm³/mol. The molecule has 1 aliphatic heterocycles. The van der Waals surface area contributed by atoms with Crippen LogP contribution in [0.5, 0.6) is 0 Å². The zero-order chi connectivity index (χ0) is 15.8. The van der Waals surface area contributed by atoms with Gasteiger partial charge in [0, 0.05) is 37.6 Å². The summed E-state index contributed by atoms with van der Waals surface area (Å²) >= 11 is 0. The smallest absolute Gasteiger partial charge is 0.377 e. The normalized spacial score (nSPS) is 33.6. The Balaban J connectivity index is 1.58. The molecule has 3 aliphatic rings. The van der Waals surface area contributed by atoms with Crippen LogP contribution in [0.25, 0.3) is 0 Å². The maximum absolute atomic E-state index is 12.2. The largest absolute Gasteiger partial charge is 0.390 e. The van der Waals surface area contributed by atoms with Crippen LogP contribution >= 0.6 is 0 Å². The number of hydrogen-bond donors (Lipinski definition) is 2. The lowest BCUT2D eigenvalue weighted by atomic mass is 9.54. The first-order chi connectivity index (χ1) is 10.5. The quantitative estimate of drug-likeness (QED) is 0.620. The average molecular weight is 319 g/mol. The Bertz CT molecular complexity index is 432. The lowest BCUT2D eigenvalue weighted by Gasteiger charge is -2.57. The summed E-state index contributed by atoms with van der Waals surface area (Å²) < 4.78 is 42.7. The number of halogens is 3. The molecule has 3 rings (SSSR count). The van der Waals surface area contributed by atoms with Gasteiger partial charge in [-0.2, -0.15) is 13.2 Å². The van der Waals surface area contributed by atoms with E-state index in [1.807, 2.05) is 0 Å². The number of aliphatic imine (C=N–C) groups is 1. The highest BCUT2D eigenvalue weighted by Gasteiger charge is 2.65. The molecule has 1 saturated heterocycles. The van der Waals surface area contributed by atoms with Crippen molar-refractivity contribution in [3.05, 3.63) is 0 Å². The summed E-state index contributed by atoms with van der Waals surface area (Å²) in [6.45, 7) is 0.656. The van der Waals surface area contributed by atoms with Crippen LogP contribution in [0.15, 0.2) is 4.99 Å². The van der Waals surface area contributed by atoms with Gasteiger partial charge in [-0.3, -0.25) is 4.99 Å². The molecule has 0 bridgehead atoms. The summed E-state index contributed by atoms with van der Waals surface area (Å²) in [7, 11) is 1.60. The van der Waals surface area contributed by atoms with Crippen molar-refractivity contribution < 1.29 is 17.9 Å². The second kappa shape index (κ2) is 5.91. The fourth-order valence-corrected chi connectivity index (χ4v) is 4.57. The van der Waals surface area contributed by atoms with Gasteiger partial charge in [0.15, 0.2) is 5.96 Å². The molecule has 3 unspecified atom stereocenters. The molecule has 0 aromatic heterocycles. The van der Waals surface area contributed by atoms with E-state index < -0.39 is 12.6 Å². The van der Waals surface area contributed by atoms with Crippen molar-refractivity contribution >= 4 is 5.96 Å². The van der Waals surface area contributed by atoms with Crippen LogP contribution < -0.4 is 10.6 Å². The van der Waals surface area contributed by atoms with E-state index in [-0.39, 0.29) is 18.0 Å². The van der Waals surface area contributed by atoms with Crippen molar-refractivity contribution in [3.63, 3.8) is 0 Å². The Hall–Kier alpha value is -0.980. The molecule has 0 radical (unpaired) electrons. The monoisotopic (exact) mass is 319 g/mol. The number of hydrogen-bond acceptors (Lipinski definition) is 2. The first-order valence-corrected chi connectivity index (χ1v) is 8.12. The van der Waals surface area contributed by atoms with E-state index >= 15 is 0 Å². The third kappa shape index (κ3) is 2.79. The van der Waals surface area contributed by atoms with Crippen LogP contribution in [0, 0.1) is 11.3 Å². The van der Waals surface area contributed by atoms with Crippen molar-refractivity contribution in [2.75, 3.05) is 20.2 Å². The number of ether oxygens (including phenoxy) is 1. The molecule has 126 valence electrons. The maximum Gasteiger partial charge on any atom is 0.390 e. The molecule has 2 aliphatic carbocycles. The number of rotatable bonds is 3. The molecule has 2 N–H and O–H groups in total. The Kier molecular flexibility index (Phi) is 4.27. The Morgan fingerprint density at radius 1 is 1.32 bits per heavy atom. The zero-order valence-corrected chi connectivity index (χ0v) is 12.9. The van der Waals surface area contributed by atoms with E-state index in [1.54, 1.807) is 7.05 Å². The Labute approximate surface area is 128 Å². The molecule has 0 amide bonds. The first kappa shape index (κ1) is 15.9. The van der Waals surface area contributed by atoms with Crippen molar-refractivity contribution in [2.45, 2.75) is 56.8 Å². The Morgan fingerprint density at radius 2 is 2.05 bits per heavy atom. The van der Waals surface area contributed by atoms with Crippen LogP contribution in [0.2, 0.25) is 0 Å². The minimum absolute atomic E-state index is 0.145. The molecular weight excluding hydrogens is 295 g/mol. The molecule has 2 saturated carbocycles. The van der Waals surface area contributed by atoms with E-state index in [1.165, 1.54) is 12.8 Å². The summed E-state index contributed by atoms with van der Waals surface area (Å²) in [6.07, 6.45) is 1.09. The molecule has 1 spiro atoms. The maximum atomic E-state index is 12.2. The Morgan fingerprint density at radius 3 is 2.68 bits per heavy atom. The average Bonchev–Trinajstić information content (AvgIpc) is 3.08. The van der Waals surface area contributed by atoms with Gasteiger partial charge in [-0.25, -0.2) is 0 Å². The molecule has 7 heteroatoms. The van der Waals surface area contributed by atoms with Gasteiger partial charge in [0.05, 0.1) is 12.5 Å². The topological polar surface area (TPSA) is 45.7 Å². The predicted octanol–water partition coefficient (Wildman–Crippen LogP) is 2.45. The molecule has 22 heavy (non-hydrogen) atoms. The van der Waals surface area contributed by atoms with Crippen molar-refractivity contribution in [1.29, 1.82) is 0 Å². The van der Waals surface area contributed by atoms with Crippen LogP contribution in [0.1, 0.15) is 38.5 Å². The number of nitrogens with one attached hydrogen (secondary N) is 2. The zero-order valence-electron chi connectivity index (χ0n) is 12.9. The van der Waals surface area contributed by atoms with Crippen LogP contribution in [-0.4, -0.2) is 44.5 Å². The summed E-state index contributed by atoms with van der Waals surface area (Å²) in [5.74, 6) is 0.949. The molecular formula is C15H24F3N3O. The van der Waals surface area contributed by atoms with Gasteiger partial charge in [0.2, 0.25) is 0 Å². The standard InChI is InChI=1S/C15H24F3N3O/c1-19-13(20-8-7-15(16,17)18)21-11-10-4-9-22-12(10)14(11)5-2-3-6-14/h10-12H,2-9H2,1H3,(H2,19,20,21). The van der Waals surface area contributed by atoms with Gasteiger partial charge in [-0.15, -0.1) is 0 Å². The number of guanidine groups is 1. The molecule has 3 atom stereocenters. The molecule has 3 fully saturated rings. The van der Waals surface area contributed by atoms with E-state index in [0.29, 0.717) is 18.0 Å². The van der Waals surface area contributed by atoms with Crippen LogP contribution in [0.3, 0.4) is 0 Å². The van der Waals surface area contributed by atoms with Gasteiger partial charge in [0.1, 0.15) is 0 Å². The summed E-state index contributed by atoms with van der Waals surface area (Å²) in [4.78, 5) is 4.08. The third-order valence-corrected chi connectivity index (χ3v) is 5.50. The van der Waals surface area contributed by atoms with Gasteiger partial charge >= 0.3 is 6.18 Å². The van der Waals surface area contributed by atoms with Crippen LogP contribution in [-0.2, 0) is 4.74 Å². The van der Waals surface area contributed by atoms with Crippen molar-refractivity contribution in [3.8, 4) is 0 Å². The van der Waals surface area contributed by atoms with Crippen LogP contribution in [0.4, 0.5) is 13.2 Å². The van der Waals surface area contributed by atoms with Gasteiger partial charge in [0.25, 0.3) is 0 Å². The highest BCUT2D eigenvalue weighted by atomic mass is 19.4. The van der Waals surface area contributed by atoms with Gasteiger partial charge in [-0.1, -0.05) is 12.8 Å². The third-order valence-electron chi connectivity index (χ3n) is 5.50. The lowest BCUT2D eigenvalue weighted by Crippen LogP contribution is -2.69. The van der Waals surface area contributed by atoms with Crippen molar-refractivity contribution in [2.24, 2.45) is 16.3 Å². The highest BCUT2D eigenvalue weighted by Crippen LogP contribution is 2.60. The first-order valence-electron chi connectivity index (χ1n) is 8.12.